The number of para-hydroxylation sites is 3. The van der Waals surface area contributed by atoms with E-state index in [4.69, 9.17) is 10.4 Å². The first-order chi connectivity index (χ1) is 15.9. The molecule has 0 unspecified atom stereocenters. The number of nitrogens with zero attached hydrogens (tertiary/aromatic N) is 5. The lowest BCUT2D eigenvalue weighted by atomic mass is 9.92. The molecule has 0 spiro atoms. The van der Waals surface area contributed by atoms with Gasteiger partial charge in [-0.15, -0.1) is 0 Å². The summed E-state index contributed by atoms with van der Waals surface area (Å²) in [7, 11) is 0. The Kier molecular flexibility index (Phi) is 6.52. The maximum Gasteiger partial charge on any atom is 0.236 e. The SMILES string of the molecule is CC(C)(C)c1cc(NC(=O)CSc2nc3ccccc3n2CCC#N)n(-c2ccccc2)n1. The van der Waals surface area contributed by atoms with Crippen LogP contribution in [0.5, 0.6) is 0 Å². The van der Waals surface area contributed by atoms with Crippen LogP contribution in [0.15, 0.2) is 65.8 Å². The van der Waals surface area contributed by atoms with Gasteiger partial charge >= 0.3 is 0 Å². The summed E-state index contributed by atoms with van der Waals surface area (Å²) in [6, 6.07) is 21.7. The van der Waals surface area contributed by atoms with E-state index in [1.54, 1.807) is 4.68 Å². The number of nitriles is 1. The van der Waals surface area contributed by atoms with Crippen molar-refractivity contribution in [3.8, 4) is 11.8 Å². The summed E-state index contributed by atoms with van der Waals surface area (Å²) in [5.74, 6) is 0.687. The van der Waals surface area contributed by atoms with Gasteiger partial charge in [0.15, 0.2) is 5.16 Å². The van der Waals surface area contributed by atoms with E-state index in [2.05, 4.69) is 37.1 Å². The lowest BCUT2D eigenvalue weighted by Crippen LogP contribution is -2.17. The monoisotopic (exact) mass is 458 g/mol. The number of aryl methyl sites for hydroxylation is 1. The number of fused-ring (bicyclic) bond motifs is 1. The molecule has 1 amide bonds. The number of aromatic nitrogens is 4. The zero-order valence-electron chi connectivity index (χ0n) is 18.9. The summed E-state index contributed by atoms with van der Waals surface area (Å²) in [5, 5.41) is 17.5. The minimum Gasteiger partial charge on any atom is -0.318 e. The summed E-state index contributed by atoms with van der Waals surface area (Å²) < 4.78 is 3.77. The number of rotatable bonds is 7. The number of carbonyl (C=O) groups is 1. The first-order valence-electron chi connectivity index (χ1n) is 10.8. The molecule has 4 rings (SSSR count). The molecule has 0 fully saturated rings. The molecule has 0 saturated heterocycles. The summed E-state index contributed by atoms with van der Waals surface area (Å²) >= 11 is 1.37. The summed E-state index contributed by atoms with van der Waals surface area (Å²) in [6.07, 6.45) is 0.381. The minimum atomic E-state index is -0.153. The summed E-state index contributed by atoms with van der Waals surface area (Å²) in [6.45, 7) is 6.82. The second kappa shape index (κ2) is 9.51. The number of benzene rings is 2. The Hall–Kier alpha value is -3.57. The summed E-state index contributed by atoms with van der Waals surface area (Å²) in [5.41, 5.74) is 3.45. The van der Waals surface area contributed by atoms with E-state index in [9.17, 15) is 4.79 Å². The highest BCUT2D eigenvalue weighted by atomic mass is 32.2. The Morgan fingerprint density at radius 2 is 1.85 bits per heavy atom. The second-order valence-corrected chi connectivity index (χ2v) is 9.63. The molecule has 0 saturated carbocycles. The third-order valence-electron chi connectivity index (χ3n) is 5.15. The number of hydrogen-bond donors (Lipinski definition) is 1. The Labute approximate surface area is 197 Å². The molecule has 0 aliphatic rings. The zero-order chi connectivity index (χ0) is 23.4. The van der Waals surface area contributed by atoms with Gasteiger partial charge < -0.3 is 9.88 Å². The van der Waals surface area contributed by atoms with E-state index in [0.29, 0.717) is 18.8 Å². The van der Waals surface area contributed by atoms with Crippen LogP contribution in [0.1, 0.15) is 32.9 Å². The van der Waals surface area contributed by atoms with Crippen LogP contribution in [0.25, 0.3) is 16.7 Å². The molecule has 8 heteroatoms. The lowest BCUT2D eigenvalue weighted by Gasteiger charge is -2.14. The third-order valence-corrected chi connectivity index (χ3v) is 6.12. The number of anilines is 1. The maximum atomic E-state index is 12.9. The van der Waals surface area contributed by atoms with E-state index in [1.165, 1.54) is 11.8 Å². The topological polar surface area (TPSA) is 88.5 Å². The molecule has 0 bridgehead atoms. The molecule has 0 radical (unpaired) electrons. The van der Waals surface area contributed by atoms with E-state index in [0.717, 1.165) is 27.6 Å². The summed E-state index contributed by atoms with van der Waals surface area (Å²) in [4.78, 5) is 17.6. The average molecular weight is 459 g/mol. The van der Waals surface area contributed by atoms with E-state index in [-0.39, 0.29) is 17.1 Å². The number of amides is 1. The molecule has 33 heavy (non-hydrogen) atoms. The van der Waals surface area contributed by atoms with Crippen molar-refractivity contribution >= 4 is 34.5 Å². The largest absolute Gasteiger partial charge is 0.318 e. The molecule has 2 aromatic heterocycles. The van der Waals surface area contributed by atoms with Crippen molar-refractivity contribution in [1.29, 1.82) is 5.26 Å². The van der Waals surface area contributed by atoms with E-state index in [1.807, 2.05) is 65.2 Å². The molecule has 4 aromatic rings. The molecule has 168 valence electrons. The van der Waals surface area contributed by atoms with Gasteiger partial charge in [0.2, 0.25) is 5.91 Å². The highest BCUT2D eigenvalue weighted by Crippen LogP contribution is 2.27. The van der Waals surface area contributed by atoms with Crippen molar-refractivity contribution in [3.63, 3.8) is 0 Å². The van der Waals surface area contributed by atoms with Crippen molar-refractivity contribution in [2.75, 3.05) is 11.1 Å². The fourth-order valence-electron chi connectivity index (χ4n) is 3.45. The van der Waals surface area contributed by atoms with Crippen LogP contribution in [0, 0.1) is 11.3 Å². The highest BCUT2D eigenvalue weighted by molar-refractivity contribution is 7.99. The normalized spacial score (nSPS) is 11.5. The van der Waals surface area contributed by atoms with Crippen molar-refractivity contribution in [3.05, 3.63) is 66.4 Å². The van der Waals surface area contributed by atoms with Crippen LogP contribution >= 0.6 is 11.8 Å². The van der Waals surface area contributed by atoms with Crippen LogP contribution in [0.3, 0.4) is 0 Å². The fraction of sp³-hybridized carbons (Fsp3) is 0.280. The van der Waals surface area contributed by atoms with Gasteiger partial charge in [-0.3, -0.25) is 4.79 Å². The first kappa shape index (κ1) is 22.6. The van der Waals surface area contributed by atoms with Crippen molar-refractivity contribution < 1.29 is 4.79 Å². The fourth-order valence-corrected chi connectivity index (χ4v) is 4.29. The number of imidazole rings is 1. The standard InChI is InChI=1S/C25H26N6OS/c1-25(2,3)21-16-22(31(29-21)18-10-5-4-6-11-18)28-23(32)17-33-24-27-19-12-7-8-13-20(19)30(24)15-9-14-26/h4-8,10-13,16H,9,15,17H2,1-3H3,(H,28,32). The van der Waals surface area contributed by atoms with Gasteiger partial charge in [0.1, 0.15) is 5.82 Å². The third kappa shape index (κ3) is 5.10. The molecule has 1 N–H and O–H groups in total. The Morgan fingerprint density at radius 1 is 1.12 bits per heavy atom. The smallest absolute Gasteiger partial charge is 0.236 e. The quantitative estimate of drug-likeness (QED) is 0.386. The Morgan fingerprint density at radius 3 is 2.58 bits per heavy atom. The first-order valence-corrected chi connectivity index (χ1v) is 11.8. The second-order valence-electron chi connectivity index (χ2n) is 8.69. The molecular formula is C25H26N6OS. The molecule has 0 aliphatic heterocycles. The van der Waals surface area contributed by atoms with Gasteiger partial charge in [0.05, 0.1) is 40.7 Å². The van der Waals surface area contributed by atoms with Crippen molar-refractivity contribution in [2.24, 2.45) is 0 Å². The van der Waals surface area contributed by atoms with Gasteiger partial charge in [-0.2, -0.15) is 10.4 Å². The van der Waals surface area contributed by atoms with Crippen LogP contribution < -0.4 is 5.32 Å². The number of thioether (sulfide) groups is 1. The molecule has 2 heterocycles. The van der Waals surface area contributed by atoms with E-state index >= 15 is 0 Å². The van der Waals surface area contributed by atoms with Gasteiger partial charge in [0.25, 0.3) is 0 Å². The lowest BCUT2D eigenvalue weighted by molar-refractivity contribution is -0.113. The number of hydrogen-bond acceptors (Lipinski definition) is 5. The maximum absolute atomic E-state index is 12.9. The van der Waals surface area contributed by atoms with E-state index < -0.39 is 0 Å². The Bertz CT molecular complexity index is 1310. The van der Waals surface area contributed by atoms with Crippen molar-refractivity contribution in [1.82, 2.24) is 19.3 Å². The van der Waals surface area contributed by atoms with Gasteiger partial charge in [-0.25, -0.2) is 9.67 Å². The van der Waals surface area contributed by atoms with Gasteiger partial charge in [0, 0.05) is 18.0 Å². The van der Waals surface area contributed by atoms with Gasteiger partial charge in [-0.05, 0) is 24.3 Å². The predicted molar refractivity (Wildman–Crippen MR) is 132 cm³/mol. The minimum absolute atomic E-state index is 0.142. The van der Waals surface area contributed by atoms with Crippen LogP contribution in [0.2, 0.25) is 0 Å². The Balaban J connectivity index is 1.54. The number of carbonyl (C=O) groups excluding carboxylic acids is 1. The van der Waals surface area contributed by atoms with Crippen molar-refractivity contribution in [2.45, 2.75) is 44.3 Å². The average Bonchev–Trinajstić information content (AvgIpc) is 3.38. The van der Waals surface area contributed by atoms with Crippen LogP contribution in [0.4, 0.5) is 5.82 Å². The number of nitrogens with one attached hydrogen (secondary N) is 1. The zero-order valence-corrected chi connectivity index (χ0v) is 19.8. The molecular weight excluding hydrogens is 432 g/mol. The van der Waals surface area contributed by atoms with Gasteiger partial charge in [-0.1, -0.05) is 62.9 Å². The predicted octanol–water partition coefficient (Wildman–Crippen LogP) is 5.16. The molecule has 0 aliphatic carbocycles. The van der Waals surface area contributed by atoms with Crippen LogP contribution in [-0.4, -0.2) is 31.0 Å². The molecule has 7 nitrogen and oxygen atoms in total. The van der Waals surface area contributed by atoms with Crippen LogP contribution in [-0.2, 0) is 16.8 Å². The molecule has 2 aromatic carbocycles. The molecule has 0 atom stereocenters. The highest BCUT2D eigenvalue weighted by Gasteiger charge is 2.22.